The first-order valence-corrected chi connectivity index (χ1v) is 7.48. The Morgan fingerprint density at radius 1 is 1.13 bits per heavy atom. The molecule has 1 aliphatic rings. The molecule has 0 bridgehead atoms. The van der Waals surface area contributed by atoms with Crippen LogP contribution in [0, 0.1) is 0 Å². The number of ketones is 1. The predicted octanol–water partition coefficient (Wildman–Crippen LogP) is 4.47. The van der Waals surface area contributed by atoms with Crippen molar-refractivity contribution in [1.29, 1.82) is 0 Å². The number of allylic oxidation sites excluding steroid dienone is 1. The zero-order valence-electron chi connectivity index (χ0n) is 13.1. The summed E-state index contributed by atoms with van der Waals surface area (Å²) in [6.45, 7) is 3.87. The van der Waals surface area contributed by atoms with E-state index in [0.717, 1.165) is 5.56 Å². The Morgan fingerprint density at radius 3 is 2.61 bits per heavy atom. The number of carbonyl (C=O) groups excluding carboxylic acids is 1. The predicted molar refractivity (Wildman–Crippen MR) is 91.7 cm³/mol. The zero-order chi connectivity index (χ0) is 16.4. The largest absolute Gasteiger partial charge is 0.506 e. The molecule has 1 aliphatic heterocycles. The van der Waals surface area contributed by atoms with Crippen molar-refractivity contribution in [2.24, 2.45) is 0 Å². The van der Waals surface area contributed by atoms with Crippen molar-refractivity contribution >= 4 is 17.9 Å². The molecule has 0 aliphatic carbocycles. The molecular formula is C20H18O3. The van der Waals surface area contributed by atoms with Gasteiger partial charge in [-0.3, -0.25) is 4.79 Å². The van der Waals surface area contributed by atoms with Crippen molar-refractivity contribution in [3.8, 4) is 11.5 Å². The molecule has 0 amide bonds. The molecule has 116 valence electrons. The van der Waals surface area contributed by atoms with Crippen LogP contribution < -0.4 is 4.74 Å². The molecule has 0 spiro atoms. The molecule has 0 radical (unpaired) electrons. The van der Waals surface area contributed by atoms with Crippen LogP contribution >= 0.6 is 0 Å². The van der Waals surface area contributed by atoms with E-state index in [4.69, 9.17) is 4.74 Å². The molecule has 3 nitrogen and oxygen atoms in total. The molecule has 0 aromatic heterocycles. The lowest BCUT2D eigenvalue weighted by atomic mass is 9.98. The number of benzene rings is 2. The molecule has 3 rings (SSSR count). The maximum atomic E-state index is 12.3. The molecule has 23 heavy (non-hydrogen) atoms. The Balaban J connectivity index is 1.90. The Labute approximate surface area is 135 Å². The summed E-state index contributed by atoms with van der Waals surface area (Å²) in [5.41, 5.74) is 1.33. The van der Waals surface area contributed by atoms with Crippen molar-refractivity contribution < 1.29 is 14.6 Å². The van der Waals surface area contributed by atoms with Gasteiger partial charge in [-0.1, -0.05) is 36.4 Å². The highest BCUT2D eigenvalue weighted by Crippen LogP contribution is 2.38. The summed E-state index contributed by atoms with van der Waals surface area (Å²) in [6.07, 6.45) is 6.86. The lowest BCUT2D eigenvalue weighted by Crippen LogP contribution is -2.27. The molecule has 2 aromatic rings. The molecule has 0 saturated heterocycles. The fourth-order valence-electron chi connectivity index (χ4n) is 2.47. The van der Waals surface area contributed by atoms with E-state index in [1.165, 1.54) is 6.08 Å². The van der Waals surface area contributed by atoms with E-state index in [0.29, 0.717) is 11.3 Å². The average molecular weight is 306 g/mol. The second-order valence-electron chi connectivity index (χ2n) is 6.02. The standard InChI is InChI=1S/C20H18O3/c1-20(2)13-12-16-18(23-20)11-9-15(19(16)22)17(21)10-8-14-6-4-3-5-7-14/h3-13,22H,1-2H3/b10-8+. The molecule has 2 aromatic carbocycles. The molecule has 1 heterocycles. The van der Waals surface area contributed by atoms with Crippen LogP contribution in [0.5, 0.6) is 11.5 Å². The van der Waals surface area contributed by atoms with Crippen LogP contribution in [-0.2, 0) is 0 Å². The summed E-state index contributed by atoms with van der Waals surface area (Å²) in [4.78, 5) is 12.3. The summed E-state index contributed by atoms with van der Waals surface area (Å²) in [6, 6.07) is 12.9. The third-order valence-corrected chi connectivity index (χ3v) is 3.69. The number of hydrogen-bond acceptors (Lipinski definition) is 3. The lowest BCUT2D eigenvalue weighted by Gasteiger charge is -2.28. The lowest BCUT2D eigenvalue weighted by molar-refractivity contribution is 0.104. The van der Waals surface area contributed by atoms with Crippen molar-refractivity contribution in [3.05, 3.63) is 71.3 Å². The minimum absolute atomic E-state index is 0.0445. The van der Waals surface area contributed by atoms with E-state index in [1.54, 1.807) is 24.3 Å². The van der Waals surface area contributed by atoms with Crippen molar-refractivity contribution in [3.63, 3.8) is 0 Å². The van der Waals surface area contributed by atoms with Crippen LogP contribution in [0.15, 0.2) is 54.6 Å². The first-order chi connectivity index (χ1) is 11.0. The molecule has 0 unspecified atom stereocenters. The summed E-state index contributed by atoms with van der Waals surface area (Å²) in [5, 5.41) is 10.4. The van der Waals surface area contributed by atoms with Crippen LogP contribution in [0.2, 0.25) is 0 Å². The van der Waals surface area contributed by atoms with E-state index >= 15 is 0 Å². The minimum atomic E-state index is -0.418. The quantitative estimate of drug-likeness (QED) is 0.672. The van der Waals surface area contributed by atoms with E-state index in [-0.39, 0.29) is 17.1 Å². The van der Waals surface area contributed by atoms with Gasteiger partial charge in [-0.05, 0) is 49.8 Å². The Kier molecular flexibility index (Phi) is 3.78. The van der Waals surface area contributed by atoms with Crippen LogP contribution in [0.25, 0.3) is 12.2 Å². The van der Waals surface area contributed by atoms with Crippen LogP contribution in [-0.4, -0.2) is 16.5 Å². The smallest absolute Gasteiger partial charge is 0.189 e. The van der Waals surface area contributed by atoms with Gasteiger partial charge in [-0.15, -0.1) is 0 Å². The van der Waals surface area contributed by atoms with Gasteiger partial charge in [0, 0.05) is 0 Å². The van der Waals surface area contributed by atoms with Gasteiger partial charge in [-0.2, -0.15) is 0 Å². The molecule has 0 atom stereocenters. The number of rotatable bonds is 3. The van der Waals surface area contributed by atoms with E-state index in [9.17, 15) is 9.90 Å². The van der Waals surface area contributed by atoms with E-state index in [1.807, 2.05) is 50.3 Å². The third-order valence-electron chi connectivity index (χ3n) is 3.69. The number of hydrogen-bond donors (Lipinski definition) is 1. The third kappa shape index (κ3) is 3.19. The molecule has 1 N–H and O–H groups in total. The highest BCUT2D eigenvalue weighted by molar-refractivity contribution is 6.09. The highest BCUT2D eigenvalue weighted by Gasteiger charge is 2.25. The summed E-state index contributed by atoms with van der Waals surface area (Å²) in [5.74, 6) is 0.294. The van der Waals surface area contributed by atoms with Gasteiger partial charge < -0.3 is 9.84 Å². The van der Waals surface area contributed by atoms with Gasteiger partial charge in [0.1, 0.15) is 17.1 Å². The monoisotopic (exact) mass is 306 g/mol. The number of phenolic OH excluding ortho intramolecular Hbond substituents is 1. The van der Waals surface area contributed by atoms with Gasteiger partial charge in [0.15, 0.2) is 5.78 Å². The van der Waals surface area contributed by atoms with Gasteiger partial charge in [0.25, 0.3) is 0 Å². The summed E-state index contributed by atoms with van der Waals surface area (Å²) in [7, 11) is 0. The Bertz CT molecular complexity index is 799. The average Bonchev–Trinajstić information content (AvgIpc) is 2.53. The first kappa shape index (κ1) is 15.1. The molecule has 0 fully saturated rings. The fraction of sp³-hybridized carbons (Fsp3) is 0.150. The molecule has 0 saturated carbocycles. The van der Waals surface area contributed by atoms with Crippen molar-refractivity contribution in [2.45, 2.75) is 19.4 Å². The number of phenols is 1. The molecule has 3 heteroatoms. The fourth-order valence-corrected chi connectivity index (χ4v) is 2.47. The van der Waals surface area contributed by atoms with Crippen LogP contribution in [0.4, 0.5) is 0 Å². The summed E-state index contributed by atoms with van der Waals surface area (Å²) >= 11 is 0. The van der Waals surface area contributed by atoms with Crippen molar-refractivity contribution in [1.82, 2.24) is 0 Å². The van der Waals surface area contributed by atoms with Crippen LogP contribution in [0.1, 0.15) is 35.3 Å². The Morgan fingerprint density at radius 2 is 1.87 bits per heavy atom. The Hall–Kier alpha value is -2.81. The second kappa shape index (κ2) is 5.76. The zero-order valence-corrected chi connectivity index (χ0v) is 13.1. The first-order valence-electron chi connectivity index (χ1n) is 7.48. The maximum absolute atomic E-state index is 12.3. The summed E-state index contributed by atoms with van der Waals surface area (Å²) < 4.78 is 5.79. The van der Waals surface area contributed by atoms with E-state index in [2.05, 4.69) is 0 Å². The van der Waals surface area contributed by atoms with Gasteiger partial charge in [0.05, 0.1) is 11.1 Å². The van der Waals surface area contributed by atoms with Gasteiger partial charge in [-0.25, -0.2) is 0 Å². The number of fused-ring (bicyclic) bond motifs is 1. The second-order valence-corrected chi connectivity index (χ2v) is 6.02. The normalized spacial score (nSPS) is 15.2. The van der Waals surface area contributed by atoms with Gasteiger partial charge in [0.2, 0.25) is 0 Å². The topological polar surface area (TPSA) is 46.5 Å². The minimum Gasteiger partial charge on any atom is -0.506 e. The number of ether oxygens (including phenoxy) is 1. The van der Waals surface area contributed by atoms with Crippen molar-refractivity contribution in [2.75, 3.05) is 0 Å². The number of carbonyl (C=O) groups is 1. The maximum Gasteiger partial charge on any atom is 0.189 e. The SMILES string of the molecule is CC1(C)C=Cc2c(ccc(C(=O)/C=C/c3ccccc3)c2O)O1. The molecular weight excluding hydrogens is 288 g/mol. The highest BCUT2D eigenvalue weighted by atomic mass is 16.5. The van der Waals surface area contributed by atoms with Crippen LogP contribution in [0.3, 0.4) is 0 Å². The number of aromatic hydroxyl groups is 1. The van der Waals surface area contributed by atoms with E-state index < -0.39 is 5.60 Å². The van der Waals surface area contributed by atoms with Gasteiger partial charge >= 0.3 is 0 Å².